The third-order valence-corrected chi connectivity index (χ3v) is 3.68. The van der Waals surface area contributed by atoms with Crippen LogP contribution in [0.1, 0.15) is 0 Å². The van der Waals surface area contributed by atoms with Gasteiger partial charge in [0.1, 0.15) is 12.4 Å². The molecule has 0 saturated carbocycles. The van der Waals surface area contributed by atoms with E-state index in [0.29, 0.717) is 0 Å². The molecule has 4 heteroatoms. The van der Waals surface area contributed by atoms with Crippen molar-refractivity contribution in [1.82, 2.24) is 10.2 Å². The van der Waals surface area contributed by atoms with Crippen molar-refractivity contribution in [2.75, 3.05) is 6.61 Å². The quantitative estimate of drug-likeness (QED) is 0.701. The normalized spacial score (nSPS) is 10.2. The summed E-state index contributed by atoms with van der Waals surface area (Å²) < 4.78 is 6.57. The Morgan fingerprint density at radius 2 is 1.95 bits per heavy atom. The molecule has 3 rings (SSSR count). The standard InChI is InChI=1S/C18H13BrN2O/c1-2-10-22-18-9-8-14(19)11-15(18)17-12-16(20-21-17)13-6-4-3-5-7-13/h1,3-9,11-12H,10H2,(H,20,21). The van der Waals surface area contributed by atoms with Crippen molar-refractivity contribution < 1.29 is 4.74 Å². The van der Waals surface area contributed by atoms with Gasteiger partial charge in [0.05, 0.1) is 11.4 Å². The van der Waals surface area contributed by atoms with Crippen molar-refractivity contribution in [1.29, 1.82) is 0 Å². The molecule has 1 N–H and O–H groups in total. The number of rotatable bonds is 4. The molecular weight excluding hydrogens is 340 g/mol. The summed E-state index contributed by atoms with van der Waals surface area (Å²) in [4.78, 5) is 0. The van der Waals surface area contributed by atoms with Crippen molar-refractivity contribution in [3.8, 4) is 40.6 Å². The lowest BCUT2D eigenvalue weighted by molar-refractivity contribution is 0.371. The fraction of sp³-hybridized carbons (Fsp3) is 0.0556. The van der Waals surface area contributed by atoms with Crippen LogP contribution < -0.4 is 4.74 Å². The van der Waals surface area contributed by atoms with Gasteiger partial charge in [-0.2, -0.15) is 5.10 Å². The Hall–Kier alpha value is -2.51. The molecule has 0 fully saturated rings. The summed E-state index contributed by atoms with van der Waals surface area (Å²) in [6, 6.07) is 17.8. The number of terminal acetylenes is 1. The number of aromatic nitrogens is 2. The number of aromatic amines is 1. The third-order valence-electron chi connectivity index (χ3n) is 3.19. The van der Waals surface area contributed by atoms with E-state index in [9.17, 15) is 0 Å². The zero-order valence-electron chi connectivity index (χ0n) is 11.7. The van der Waals surface area contributed by atoms with Gasteiger partial charge in [0, 0.05) is 15.6 Å². The van der Waals surface area contributed by atoms with Crippen molar-refractivity contribution in [2.24, 2.45) is 0 Å². The Labute approximate surface area is 137 Å². The average molecular weight is 353 g/mol. The molecule has 3 nitrogen and oxygen atoms in total. The number of hydrogen-bond acceptors (Lipinski definition) is 2. The van der Waals surface area contributed by atoms with E-state index in [1.54, 1.807) is 0 Å². The average Bonchev–Trinajstić information content (AvgIpc) is 3.04. The van der Waals surface area contributed by atoms with E-state index in [4.69, 9.17) is 11.2 Å². The van der Waals surface area contributed by atoms with Crippen LogP contribution in [0.25, 0.3) is 22.5 Å². The molecule has 0 bridgehead atoms. The molecule has 0 spiro atoms. The van der Waals surface area contributed by atoms with E-state index in [2.05, 4.69) is 32.0 Å². The van der Waals surface area contributed by atoms with Crippen LogP contribution in [-0.2, 0) is 0 Å². The fourth-order valence-electron chi connectivity index (χ4n) is 2.17. The van der Waals surface area contributed by atoms with Gasteiger partial charge in [-0.15, -0.1) is 6.42 Å². The summed E-state index contributed by atoms with van der Waals surface area (Å²) in [5.41, 5.74) is 3.75. The first-order valence-electron chi connectivity index (χ1n) is 6.75. The minimum Gasteiger partial charge on any atom is -0.480 e. The van der Waals surface area contributed by atoms with E-state index in [0.717, 1.165) is 32.7 Å². The Morgan fingerprint density at radius 3 is 2.73 bits per heavy atom. The molecule has 108 valence electrons. The van der Waals surface area contributed by atoms with Gasteiger partial charge in [0.2, 0.25) is 0 Å². The zero-order valence-corrected chi connectivity index (χ0v) is 13.3. The highest BCUT2D eigenvalue weighted by molar-refractivity contribution is 9.10. The Balaban J connectivity index is 2.00. The Bertz CT molecular complexity index is 819. The number of nitrogens with zero attached hydrogens (tertiary/aromatic N) is 1. The SMILES string of the molecule is C#CCOc1ccc(Br)cc1-c1cc(-c2ccccc2)n[nH]1. The molecule has 0 unspecified atom stereocenters. The van der Waals surface area contributed by atoms with Gasteiger partial charge < -0.3 is 4.74 Å². The molecular formula is C18H13BrN2O. The summed E-state index contributed by atoms with van der Waals surface area (Å²) >= 11 is 3.48. The summed E-state index contributed by atoms with van der Waals surface area (Å²) in [6.45, 7) is 0.230. The summed E-state index contributed by atoms with van der Waals surface area (Å²) in [7, 11) is 0. The molecule has 0 aliphatic carbocycles. The first kappa shape index (κ1) is 14.4. The molecule has 0 amide bonds. The number of H-pyrrole nitrogens is 1. The number of ether oxygens (including phenoxy) is 1. The van der Waals surface area contributed by atoms with Gasteiger partial charge in [0.25, 0.3) is 0 Å². The minimum absolute atomic E-state index is 0.230. The molecule has 0 radical (unpaired) electrons. The fourth-order valence-corrected chi connectivity index (χ4v) is 2.54. The molecule has 1 heterocycles. The van der Waals surface area contributed by atoms with Crippen LogP contribution in [0.3, 0.4) is 0 Å². The highest BCUT2D eigenvalue weighted by atomic mass is 79.9. The largest absolute Gasteiger partial charge is 0.480 e. The minimum atomic E-state index is 0.230. The zero-order chi connectivity index (χ0) is 15.4. The molecule has 3 aromatic rings. The van der Waals surface area contributed by atoms with Gasteiger partial charge in [-0.1, -0.05) is 52.2 Å². The van der Waals surface area contributed by atoms with Crippen molar-refractivity contribution in [2.45, 2.75) is 0 Å². The van der Waals surface area contributed by atoms with Gasteiger partial charge in [-0.05, 0) is 24.3 Å². The highest BCUT2D eigenvalue weighted by Gasteiger charge is 2.11. The predicted molar refractivity (Wildman–Crippen MR) is 91.5 cm³/mol. The molecule has 0 aliphatic rings. The maximum absolute atomic E-state index is 5.61. The lowest BCUT2D eigenvalue weighted by Crippen LogP contribution is -1.95. The third kappa shape index (κ3) is 3.05. The lowest BCUT2D eigenvalue weighted by Gasteiger charge is -2.08. The van der Waals surface area contributed by atoms with Gasteiger partial charge in [-0.25, -0.2) is 0 Å². The van der Waals surface area contributed by atoms with Crippen LogP contribution >= 0.6 is 15.9 Å². The second kappa shape index (κ2) is 6.50. The topological polar surface area (TPSA) is 37.9 Å². The Kier molecular flexibility index (Phi) is 4.27. The van der Waals surface area contributed by atoms with Crippen LogP contribution in [0.15, 0.2) is 59.1 Å². The second-order valence-electron chi connectivity index (χ2n) is 4.67. The first-order chi connectivity index (χ1) is 10.8. The first-order valence-corrected chi connectivity index (χ1v) is 7.54. The predicted octanol–water partition coefficient (Wildman–Crippen LogP) is 4.52. The maximum atomic E-state index is 5.61. The van der Waals surface area contributed by atoms with Crippen LogP contribution in [0, 0.1) is 12.3 Å². The van der Waals surface area contributed by atoms with Crippen LogP contribution in [0.2, 0.25) is 0 Å². The maximum Gasteiger partial charge on any atom is 0.148 e. The van der Waals surface area contributed by atoms with Crippen LogP contribution in [0.5, 0.6) is 5.75 Å². The van der Waals surface area contributed by atoms with Gasteiger partial charge >= 0.3 is 0 Å². The lowest BCUT2D eigenvalue weighted by atomic mass is 10.1. The molecule has 0 atom stereocenters. The number of nitrogens with one attached hydrogen (secondary N) is 1. The highest BCUT2D eigenvalue weighted by Crippen LogP contribution is 2.33. The summed E-state index contributed by atoms with van der Waals surface area (Å²) in [5, 5.41) is 7.44. The van der Waals surface area contributed by atoms with Crippen molar-refractivity contribution >= 4 is 15.9 Å². The monoisotopic (exact) mass is 352 g/mol. The number of halogens is 1. The van der Waals surface area contributed by atoms with Crippen LogP contribution in [0.4, 0.5) is 0 Å². The Morgan fingerprint density at radius 1 is 1.14 bits per heavy atom. The summed E-state index contributed by atoms with van der Waals surface area (Å²) in [5.74, 6) is 3.21. The van der Waals surface area contributed by atoms with E-state index < -0.39 is 0 Å². The van der Waals surface area contributed by atoms with Gasteiger partial charge in [-0.3, -0.25) is 5.10 Å². The number of hydrogen-bond donors (Lipinski definition) is 1. The van der Waals surface area contributed by atoms with Crippen molar-refractivity contribution in [3.05, 3.63) is 59.1 Å². The molecule has 0 saturated heterocycles. The molecule has 0 aliphatic heterocycles. The molecule has 22 heavy (non-hydrogen) atoms. The molecule has 1 aromatic heterocycles. The van der Waals surface area contributed by atoms with Crippen LogP contribution in [-0.4, -0.2) is 16.8 Å². The number of benzene rings is 2. The van der Waals surface area contributed by atoms with Gasteiger partial charge in [0.15, 0.2) is 0 Å². The van der Waals surface area contributed by atoms with E-state index in [1.165, 1.54) is 0 Å². The van der Waals surface area contributed by atoms with E-state index in [1.807, 2.05) is 54.6 Å². The van der Waals surface area contributed by atoms with E-state index >= 15 is 0 Å². The second-order valence-corrected chi connectivity index (χ2v) is 5.58. The van der Waals surface area contributed by atoms with Crippen molar-refractivity contribution in [3.63, 3.8) is 0 Å². The molecule has 2 aromatic carbocycles. The van der Waals surface area contributed by atoms with E-state index in [-0.39, 0.29) is 6.61 Å². The summed E-state index contributed by atoms with van der Waals surface area (Å²) in [6.07, 6.45) is 5.27. The smallest absolute Gasteiger partial charge is 0.148 e.